The van der Waals surface area contributed by atoms with Crippen LogP contribution in [0, 0.1) is 13.8 Å². The molecule has 0 N–H and O–H groups in total. The third kappa shape index (κ3) is 2.72. The van der Waals surface area contributed by atoms with Crippen molar-refractivity contribution in [2.75, 3.05) is 0 Å². The number of fused-ring (bicyclic) bond motifs is 4. The van der Waals surface area contributed by atoms with Gasteiger partial charge in [-0.15, -0.1) is 0 Å². The van der Waals surface area contributed by atoms with E-state index in [4.69, 9.17) is 4.42 Å². The second kappa shape index (κ2) is 6.70. The molecule has 0 amide bonds. The highest BCUT2D eigenvalue weighted by Crippen LogP contribution is 2.37. The lowest BCUT2D eigenvalue weighted by Gasteiger charge is -2.11. The highest BCUT2D eigenvalue weighted by Gasteiger charge is 2.24. The molecular weight excluding hydrogens is 356 g/mol. The highest BCUT2D eigenvalue weighted by molar-refractivity contribution is 6.09. The topological polar surface area (TPSA) is 29.9 Å². The summed E-state index contributed by atoms with van der Waals surface area (Å²) in [5.41, 5.74) is 8.79. The third-order valence-electron chi connectivity index (χ3n) is 5.91. The van der Waals surface area contributed by atoms with Gasteiger partial charge in [-0.05, 0) is 49.6 Å². The lowest BCUT2D eigenvalue weighted by molar-refractivity contribution is -0.633. The van der Waals surface area contributed by atoms with Crippen LogP contribution in [0.4, 0.5) is 0 Å². The average Bonchev–Trinajstić information content (AvgIpc) is 3.08. The minimum absolute atomic E-state index is 0.712. The number of hydrogen-bond acceptors (Lipinski definition) is 2. The molecule has 5 aromatic rings. The maximum Gasteiger partial charge on any atom is 0.227 e. The Morgan fingerprint density at radius 2 is 1.72 bits per heavy atom. The van der Waals surface area contributed by atoms with Crippen molar-refractivity contribution in [3.05, 3.63) is 71.4 Å². The van der Waals surface area contributed by atoms with Crippen LogP contribution in [-0.2, 0) is 13.5 Å². The minimum Gasteiger partial charge on any atom is -0.437 e. The average molecular weight is 381 g/mol. The van der Waals surface area contributed by atoms with Crippen LogP contribution in [0.3, 0.4) is 0 Å². The zero-order chi connectivity index (χ0) is 20.1. The molecule has 0 bridgehead atoms. The SMILES string of the molecule is CCCc1cc(-c2c(C)ccc3c2oc2nc(C)ccc23)[n+](C)c2ccccc12. The molecule has 0 radical (unpaired) electrons. The number of furan rings is 1. The molecule has 0 aliphatic rings. The summed E-state index contributed by atoms with van der Waals surface area (Å²) in [5, 5.41) is 3.52. The molecule has 5 rings (SSSR count). The van der Waals surface area contributed by atoms with E-state index in [0.29, 0.717) is 5.71 Å². The summed E-state index contributed by atoms with van der Waals surface area (Å²) in [6.07, 6.45) is 2.18. The van der Waals surface area contributed by atoms with Crippen LogP contribution in [0.2, 0.25) is 0 Å². The first kappa shape index (κ1) is 17.9. The first-order valence-corrected chi connectivity index (χ1v) is 10.3. The normalized spacial score (nSPS) is 11.7. The molecule has 0 saturated carbocycles. The summed E-state index contributed by atoms with van der Waals surface area (Å²) >= 11 is 0. The first-order valence-electron chi connectivity index (χ1n) is 10.3. The predicted molar refractivity (Wildman–Crippen MR) is 119 cm³/mol. The largest absolute Gasteiger partial charge is 0.437 e. The summed E-state index contributed by atoms with van der Waals surface area (Å²) in [6, 6.07) is 19.5. The summed E-state index contributed by atoms with van der Waals surface area (Å²) in [5.74, 6) is 0. The Labute approximate surface area is 170 Å². The van der Waals surface area contributed by atoms with E-state index in [-0.39, 0.29) is 0 Å². The first-order chi connectivity index (χ1) is 14.1. The Hall–Kier alpha value is -3.20. The van der Waals surface area contributed by atoms with Gasteiger partial charge in [0, 0.05) is 34.0 Å². The Balaban J connectivity index is 1.90. The number of aromatic nitrogens is 2. The molecule has 29 heavy (non-hydrogen) atoms. The fraction of sp³-hybridized carbons (Fsp3) is 0.231. The van der Waals surface area contributed by atoms with Crippen molar-refractivity contribution < 1.29 is 8.98 Å². The molecule has 3 heterocycles. The Kier molecular flexibility index (Phi) is 4.13. The van der Waals surface area contributed by atoms with Crippen LogP contribution in [0.1, 0.15) is 30.2 Å². The standard InChI is InChI=1S/C26H25N2O/c1-5-8-18-15-23(28(4)22-10-7-6-9-19(18)22)24-16(2)11-13-20-21-14-12-17(3)27-26(21)29-25(20)24/h6-7,9-15H,5,8H2,1-4H3/q+1. The smallest absolute Gasteiger partial charge is 0.227 e. The Bertz CT molecular complexity index is 1400. The van der Waals surface area contributed by atoms with Crippen LogP contribution < -0.4 is 4.57 Å². The predicted octanol–water partition coefficient (Wildman–Crippen LogP) is 6.20. The summed E-state index contributed by atoms with van der Waals surface area (Å²) in [7, 11) is 2.15. The van der Waals surface area contributed by atoms with E-state index in [2.05, 4.69) is 79.0 Å². The van der Waals surface area contributed by atoms with Crippen LogP contribution in [-0.4, -0.2) is 4.98 Å². The maximum atomic E-state index is 6.34. The second-order valence-electron chi connectivity index (χ2n) is 7.92. The molecule has 0 atom stereocenters. The fourth-order valence-electron chi connectivity index (χ4n) is 4.45. The van der Waals surface area contributed by atoms with Gasteiger partial charge in [0.1, 0.15) is 7.05 Å². The Morgan fingerprint density at radius 1 is 0.931 bits per heavy atom. The molecule has 144 valence electrons. The van der Waals surface area contributed by atoms with E-state index in [1.54, 1.807) is 0 Å². The molecule has 3 aromatic heterocycles. The lowest BCUT2D eigenvalue weighted by atomic mass is 9.96. The molecule has 2 aromatic carbocycles. The van der Waals surface area contributed by atoms with Gasteiger partial charge in [-0.25, -0.2) is 4.98 Å². The fourth-order valence-corrected chi connectivity index (χ4v) is 4.45. The molecule has 0 aliphatic carbocycles. The van der Waals surface area contributed by atoms with Gasteiger partial charge in [-0.2, -0.15) is 4.57 Å². The van der Waals surface area contributed by atoms with E-state index < -0.39 is 0 Å². The molecule has 0 saturated heterocycles. The van der Waals surface area contributed by atoms with Crippen molar-refractivity contribution in [3.63, 3.8) is 0 Å². The van der Waals surface area contributed by atoms with Crippen molar-refractivity contribution in [2.45, 2.75) is 33.6 Å². The van der Waals surface area contributed by atoms with Crippen molar-refractivity contribution in [1.29, 1.82) is 0 Å². The molecular formula is C26H25N2O+. The van der Waals surface area contributed by atoms with Crippen molar-refractivity contribution >= 4 is 33.0 Å². The summed E-state index contributed by atoms with van der Waals surface area (Å²) in [4.78, 5) is 4.62. The van der Waals surface area contributed by atoms with Crippen molar-refractivity contribution in [1.82, 2.24) is 4.98 Å². The van der Waals surface area contributed by atoms with E-state index >= 15 is 0 Å². The summed E-state index contributed by atoms with van der Waals surface area (Å²) in [6.45, 7) is 6.40. The van der Waals surface area contributed by atoms with E-state index in [0.717, 1.165) is 40.5 Å². The quantitative estimate of drug-likeness (QED) is 0.349. The number of aryl methyl sites for hydroxylation is 4. The summed E-state index contributed by atoms with van der Waals surface area (Å²) < 4.78 is 8.64. The number of rotatable bonds is 3. The maximum absolute atomic E-state index is 6.34. The van der Waals surface area contributed by atoms with Gasteiger partial charge in [0.05, 0.1) is 5.56 Å². The minimum atomic E-state index is 0.712. The second-order valence-corrected chi connectivity index (χ2v) is 7.92. The molecule has 0 unspecified atom stereocenters. The Morgan fingerprint density at radius 3 is 2.55 bits per heavy atom. The number of pyridine rings is 2. The number of nitrogens with zero attached hydrogens (tertiary/aromatic N) is 2. The highest BCUT2D eigenvalue weighted by atomic mass is 16.3. The van der Waals surface area contributed by atoms with Crippen LogP contribution in [0.5, 0.6) is 0 Å². The molecule has 3 nitrogen and oxygen atoms in total. The van der Waals surface area contributed by atoms with Gasteiger partial charge in [0.15, 0.2) is 5.58 Å². The van der Waals surface area contributed by atoms with E-state index in [1.807, 2.05) is 13.0 Å². The third-order valence-corrected chi connectivity index (χ3v) is 5.91. The monoisotopic (exact) mass is 381 g/mol. The van der Waals surface area contributed by atoms with Gasteiger partial charge in [0.25, 0.3) is 0 Å². The van der Waals surface area contributed by atoms with E-state index in [1.165, 1.54) is 27.7 Å². The van der Waals surface area contributed by atoms with Gasteiger partial charge >= 0.3 is 0 Å². The van der Waals surface area contributed by atoms with Gasteiger partial charge in [-0.1, -0.05) is 37.6 Å². The number of para-hydroxylation sites is 1. The zero-order valence-electron chi connectivity index (χ0n) is 17.4. The number of hydrogen-bond donors (Lipinski definition) is 0. The molecule has 0 fully saturated rings. The van der Waals surface area contributed by atoms with Gasteiger partial charge < -0.3 is 4.42 Å². The van der Waals surface area contributed by atoms with Crippen molar-refractivity contribution in [2.24, 2.45) is 7.05 Å². The van der Waals surface area contributed by atoms with Crippen LogP contribution >= 0.6 is 0 Å². The van der Waals surface area contributed by atoms with Crippen LogP contribution in [0.15, 0.2) is 59.0 Å². The molecule has 0 aliphatic heterocycles. The zero-order valence-corrected chi connectivity index (χ0v) is 17.4. The number of benzene rings is 2. The molecule has 0 spiro atoms. The van der Waals surface area contributed by atoms with Crippen LogP contribution in [0.25, 0.3) is 44.2 Å². The van der Waals surface area contributed by atoms with Gasteiger partial charge in [0.2, 0.25) is 16.9 Å². The lowest BCUT2D eigenvalue weighted by Crippen LogP contribution is -2.32. The van der Waals surface area contributed by atoms with Crippen molar-refractivity contribution in [3.8, 4) is 11.3 Å². The van der Waals surface area contributed by atoms with Gasteiger partial charge in [-0.3, -0.25) is 0 Å². The van der Waals surface area contributed by atoms with E-state index in [9.17, 15) is 0 Å². The molecule has 3 heteroatoms.